The summed E-state index contributed by atoms with van der Waals surface area (Å²) in [7, 11) is 6.43. The van der Waals surface area contributed by atoms with Crippen LogP contribution in [0.3, 0.4) is 0 Å². The zero-order chi connectivity index (χ0) is 4.12. The first-order valence-corrected chi connectivity index (χ1v) is 2.24. The summed E-state index contributed by atoms with van der Waals surface area (Å²) in [5, 5.41) is 0. The zero-order valence-corrected chi connectivity index (χ0v) is 4.46. The van der Waals surface area contributed by atoms with Crippen LogP contribution < -0.4 is 0 Å². The van der Waals surface area contributed by atoms with Crippen LogP contribution in [0.2, 0.25) is 6.82 Å². The van der Waals surface area contributed by atoms with Crippen molar-refractivity contribution in [2.75, 3.05) is 0 Å². The molecule has 0 aliphatic rings. The van der Waals surface area contributed by atoms with E-state index in [1.807, 2.05) is 27.9 Å². The maximum absolute atomic E-state index is 2.49. The Bertz CT molecular complexity index is 14.4. The van der Waals surface area contributed by atoms with Crippen molar-refractivity contribution >= 4 is 30.2 Å². The van der Waals surface area contributed by atoms with Gasteiger partial charge in [0.2, 0.25) is 0 Å². The Hall–Kier alpha value is 0.625. The normalized spacial score (nSPS) is 6.00. The van der Waals surface area contributed by atoms with Gasteiger partial charge >= 0.3 is 0 Å². The highest BCUT2D eigenvalue weighted by molar-refractivity contribution is 7.72. The Morgan fingerprint density at radius 3 is 2.20 bits per heavy atom. The van der Waals surface area contributed by atoms with E-state index >= 15 is 0 Å². The molecule has 0 rings (SSSR count). The van der Waals surface area contributed by atoms with Crippen molar-refractivity contribution in [2.24, 2.45) is 0 Å². The fourth-order valence-electron chi connectivity index (χ4n) is 0.111. The van der Waals surface area contributed by atoms with Gasteiger partial charge in [-0.1, -0.05) is 0 Å². The average Bonchev–Trinajstić information content (AvgIpc) is 1.41. The molecule has 0 nitrogen and oxygen atoms in total. The summed E-state index contributed by atoms with van der Waals surface area (Å²) in [6, 6.07) is 0. The minimum Gasteiger partial charge on any atom is -0.188 e. The van der Waals surface area contributed by atoms with E-state index in [4.69, 9.17) is 0 Å². The third kappa shape index (κ3) is 4.62. The molecule has 0 saturated heterocycles. The topological polar surface area (TPSA) is 0 Å². The zero-order valence-electron chi connectivity index (χ0n) is 3.31. The largest absolute Gasteiger partial charge is 0.188 e. The van der Waals surface area contributed by atoms with Crippen molar-refractivity contribution in [1.29, 1.82) is 0 Å². The molecule has 0 N–H and O–H groups in total. The van der Waals surface area contributed by atoms with Crippen molar-refractivity contribution in [3.05, 3.63) is 0 Å². The van der Waals surface area contributed by atoms with Gasteiger partial charge in [0.25, 0.3) is 0 Å². The van der Waals surface area contributed by atoms with Gasteiger partial charge in [-0.25, -0.2) is 0 Å². The van der Waals surface area contributed by atoms with Gasteiger partial charge in [0, 0.05) is 7.06 Å². The van der Waals surface area contributed by atoms with Gasteiger partial charge in [0.15, 0.2) is 0 Å². The lowest BCUT2D eigenvalue weighted by Crippen LogP contribution is -2.01. The van der Waals surface area contributed by atoms with Crippen molar-refractivity contribution in [2.45, 2.75) is 6.82 Å². The second-order valence-electron chi connectivity index (χ2n) is 0.718. The third-order valence-corrected chi connectivity index (χ3v) is 0.526. The highest BCUT2D eigenvalue weighted by Gasteiger charge is 1.76. The maximum atomic E-state index is 2.49. The predicted octanol–water partition coefficient (Wildman–Crippen LogP) is -0.233. The molecule has 0 aromatic carbocycles. The Labute approximate surface area is 38.0 Å². The highest BCUT2D eigenvalue weighted by Crippen LogP contribution is 1.66. The molecule has 0 aliphatic heterocycles. The molecule has 1 atom stereocenters. The Morgan fingerprint density at radius 2 is 2.20 bits per heavy atom. The second kappa shape index (κ2) is 4.62. The number of rotatable bonds is 2. The van der Waals surface area contributed by atoms with Gasteiger partial charge in [-0.3, -0.25) is 0 Å². The molecule has 1 unspecified atom stereocenters. The highest BCUT2D eigenvalue weighted by atomic mass is 31.0. The molecular weight excluding hydrogens is 75.4 g/mol. The van der Waals surface area contributed by atoms with Gasteiger partial charge in [0.05, 0.1) is 14.1 Å². The summed E-state index contributed by atoms with van der Waals surface area (Å²) in [5.41, 5.74) is 0. The molecule has 0 amide bonds. The third-order valence-electron chi connectivity index (χ3n) is 0.304. The molecule has 3 radical (unpaired) electrons. The smallest absolute Gasteiger partial charge is 0.0833 e. The van der Waals surface area contributed by atoms with Crippen LogP contribution in [-0.2, 0) is 0 Å². The quantitative estimate of drug-likeness (QED) is 0.317. The first kappa shape index (κ1) is 5.62. The lowest BCUT2D eigenvalue weighted by molar-refractivity contribution is 2.37. The number of hydrogen-bond donors (Lipinski definition) is 0. The van der Waals surface area contributed by atoms with Crippen LogP contribution in [0.5, 0.6) is 0 Å². The lowest BCUT2D eigenvalue weighted by atomic mass is 9.28. The summed E-state index contributed by atoms with van der Waals surface area (Å²) < 4.78 is 0. The minimum absolute atomic E-state index is 1.92. The fraction of sp³-hybridized carbons (Fsp3) is 1.00. The molecule has 0 heterocycles. The molecular formula is CH5B3P. The molecule has 23 valence electrons. The SMILES string of the molecule is C[B][B][B]P. The molecule has 5 heavy (non-hydrogen) atoms. The summed E-state index contributed by atoms with van der Waals surface area (Å²) in [6.45, 7) is 3.90. The molecule has 0 bridgehead atoms. The van der Waals surface area contributed by atoms with E-state index in [9.17, 15) is 0 Å². The maximum Gasteiger partial charge on any atom is 0.0833 e. The molecule has 0 aromatic rings. The summed E-state index contributed by atoms with van der Waals surface area (Å²) in [4.78, 5) is 0. The molecule has 0 fully saturated rings. The van der Waals surface area contributed by atoms with E-state index in [-0.39, 0.29) is 0 Å². The summed E-state index contributed by atoms with van der Waals surface area (Å²) in [6.07, 6.45) is 0. The van der Waals surface area contributed by atoms with Crippen LogP contribution in [0.25, 0.3) is 0 Å². The fourth-order valence-corrected chi connectivity index (χ4v) is 0.333. The standard InChI is InChI=1S/CH5B3P/c1-2-3-4-5/h5H2,1H3. The van der Waals surface area contributed by atoms with Crippen LogP contribution >= 0.6 is 9.12 Å². The summed E-state index contributed by atoms with van der Waals surface area (Å²) in [5.74, 6) is 0. The lowest BCUT2D eigenvalue weighted by Gasteiger charge is -1.72. The van der Waals surface area contributed by atoms with E-state index in [1.165, 1.54) is 0 Å². The van der Waals surface area contributed by atoms with Gasteiger partial charge in [-0.15, -0.1) is 6.82 Å². The second-order valence-corrected chi connectivity index (χ2v) is 1.10. The molecule has 0 spiro atoms. The first-order chi connectivity index (χ1) is 2.41. The monoisotopic (exact) mass is 81.0 g/mol. The van der Waals surface area contributed by atoms with Crippen LogP contribution in [0.15, 0.2) is 0 Å². The Balaban J connectivity index is 2.19. The minimum atomic E-state index is 1.92. The van der Waals surface area contributed by atoms with Crippen molar-refractivity contribution < 1.29 is 0 Å². The van der Waals surface area contributed by atoms with Crippen LogP contribution in [0.4, 0.5) is 0 Å². The van der Waals surface area contributed by atoms with Gasteiger partial charge < -0.3 is 0 Å². The Morgan fingerprint density at radius 1 is 1.60 bits per heavy atom. The van der Waals surface area contributed by atoms with Gasteiger partial charge in [-0.05, 0) is 0 Å². The predicted molar refractivity (Wildman–Crippen MR) is 32.8 cm³/mol. The van der Waals surface area contributed by atoms with Crippen molar-refractivity contribution in [3.8, 4) is 0 Å². The molecule has 4 heteroatoms. The van der Waals surface area contributed by atoms with Gasteiger partial charge in [0.1, 0.15) is 0 Å². The van der Waals surface area contributed by atoms with E-state index in [1.54, 1.807) is 0 Å². The first-order valence-electron chi connectivity index (χ1n) is 1.58. The van der Waals surface area contributed by atoms with E-state index in [2.05, 4.69) is 9.12 Å². The number of hydrogen-bond acceptors (Lipinski definition) is 0. The summed E-state index contributed by atoms with van der Waals surface area (Å²) >= 11 is 0. The molecule has 0 aliphatic carbocycles. The van der Waals surface area contributed by atoms with Crippen molar-refractivity contribution in [3.63, 3.8) is 0 Å². The van der Waals surface area contributed by atoms with Crippen LogP contribution in [0.1, 0.15) is 0 Å². The van der Waals surface area contributed by atoms with E-state index in [0.29, 0.717) is 0 Å². The van der Waals surface area contributed by atoms with E-state index in [0.717, 1.165) is 0 Å². The van der Waals surface area contributed by atoms with Crippen molar-refractivity contribution in [1.82, 2.24) is 0 Å². The van der Waals surface area contributed by atoms with Crippen LogP contribution in [-0.4, -0.2) is 21.1 Å². The average molecular weight is 80.5 g/mol. The molecule has 0 saturated carbocycles. The van der Waals surface area contributed by atoms with Crippen LogP contribution in [0, 0.1) is 0 Å². The Kier molecular flexibility index (Phi) is 5.20. The van der Waals surface area contributed by atoms with Gasteiger partial charge in [-0.2, -0.15) is 9.12 Å². The molecule has 0 aromatic heterocycles. The van der Waals surface area contributed by atoms with E-state index < -0.39 is 0 Å².